The first kappa shape index (κ1) is 20.7. The highest BCUT2D eigenvalue weighted by Gasteiger charge is 2.59. The third-order valence-corrected chi connectivity index (χ3v) is 10.1. The van der Waals surface area contributed by atoms with Crippen molar-refractivity contribution in [3.05, 3.63) is 0 Å². The van der Waals surface area contributed by atoms with Gasteiger partial charge >= 0.3 is 0 Å². The van der Waals surface area contributed by atoms with E-state index in [4.69, 9.17) is 0 Å². The smallest absolute Gasteiger partial charge is 0.226 e. The van der Waals surface area contributed by atoms with Crippen molar-refractivity contribution in [3.63, 3.8) is 0 Å². The molecule has 0 aromatic carbocycles. The number of rotatable bonds is 3. The number of hydrogen-bond acceptors (Lipinski definition) is 1. The van der Waals surface area contributed by atoms with Crippen LogP contribution in [0.2, 0.25) is 0 Å². The molecule has 4 saturated carbocycles. The van der Waals surface area contributed by atoms with E-state index in [0.717, 1.165) is 30.1 Å². The lowest BCUT2D eigenvalue weighted by Gasteiger charge is -2.61. The van der Waals surface area contributed by atoms with E-state index in [0.29, 0.717) is 23.3 Å². The normalized spacial score (nSPS) is 44.6. The Labute approximate surface area is 174 Å². The molecule has 6 atom stereocenters. The van der Waals surface area contributed by atoms with Crippen molar-refractivity contribution in [3.8, 4) is 0 Å². The predicted octanol–water partition coefficient (Wildman–Crippen LogP) is 6.73. The van der Waals surface area contributed by atoms with Crippen molar-refractivity contribution in [1.29, 1.82) is 0 Å². The maximum Gasteiger partial charge on any atom is 0.226 e. The second-order valence-electron chi connectivity index (χ2n) is 11.9. The van der Waals surface area contributed by atoms with Gasteiger partial charge in [-0.1, -0.05) is 53.4 Å². The Balaban J connectivity index is 1.51. The largest absolute Gasteiger partial charge is 0.353 e. The number of fused-ring (bicyclic) bond motifs is 3. The van der Waals surface area contributed by atoms with Crippen LogP contribution in [0.4, 0.5) is 0 Å². The molecule has 4 aliphatic carbocycles. The van der Waals surface area contributed by atoms with E-state index in [9.17, 15) is 4.79 Å². The Kier molecular flexibility index (Phi) is 5.89. The topological polar surface area (TPSA) is 29.1 Å². The fourth-order valence-electron chi connectivity index (χ4n) is 8.35. The van der Waals surface area contributed by atoms with Crippen LogP contribution >= 0.6 is 0 Å². The summed E-state index contributed by atoms with van der Waals surface area (Å²) in [6, 6.07) is 0.448. The third-order valence-electron chi connectivity index (χ3n) is 10.1. The minimum atomic E-state index is -0.135. The molecular formula is C26H45NO. The van der Waals surface area contributed by atoms with Crippen LogP contribution in [0.25, 0.3) is 0 Å². The lowest BCUT2D eigenvalue weighted by molar-refractivity contribution is -0.158. The highest BCUT2D eigenvalue weighted by molar-refractivity contribution is 5.83. The first-order valence-electron chi connectivity index (χ1n) is 12.7. The van der Waals surface area contributed by atoms with Crippen LogP contribution in [-0.2, 0) is 4.79 Å². The maximum atomic E-state index is 13.6. The van der Waals surface area contributed by atoms with Gasteiger partial charge in [-0.3, -0.25) is 4.79 Å². The molecule has 160 valence electrons. The van der Waals surface area contributed by atoms with Crippen molar-refractivity contribution >= 4 is 5.91 Å². The van der Waals surface area contributed by atoms with Crippen LogP contribution < -0.4 is 5.32 Å². The molecule has 4 aliphatic rings. The van der Waals surface area contributed by atoms with Gasteiger partial charge in [0.15, 0.2) is 0 Å². The van der Waals surface area contributed by atoms with Crippen LogP contribution in [0.15, 0.2) is 0 Å². The average Bonchev–Trinajstić information content (AvgIpc) is 2.68. The molecule has 0 bridgehead atoms. The van der Waals surface area contributed by atoms with Crippen molar-refractivity contribution in [2.45, 2.75) is 117 Å². The van der Waals surface area contributed by atoms with Crippen molar-refractivity contribution in [2.24, 2.45) is 40.4 Å². The number of carbonyl (C=O) groups is 1. The Morgan fingerprint density at radius 1 is 0.893 bits per heavy atom. The zero-order chi connectivity index (χ0) is 19.9. The quantitative estimate of drug-likeness (QED) is 0.571. The second kappa shape index (κ2) is 7.95. The van der Waals surface area contributed by atoms with Gasteiger partial charge in [-0.15, -0.1) is 0 Å². The van der Waals surface area contributed by atoms with Crippen LogP contribution in [0, 0.1) is 40.4 Å². The number of nitrogens with one attached hydrogen (secondary N) is 1. The van der Waals surface area contributed by atoms with Gasteiger partial charge in [-0.2, -0.15) is 0 Å². The maximum absolute atomic E-state index is 13.6. The highest BCUT2D eigenvalue weighted by Crippen LogP contribution is 2.64. The molecule has 4 rings (SSSR count). The summed E-state index contributed by atoms with van der Waals surface area (Å²) in [6.07, 6.45) is 17.0. The first-order chi connectivity index (χ1) is 13.3. The van der Waals surface area contributed by atoms with Gasteiger partial charge in [0, 0.05) is 11.5 Å². The summed E-state index contributed by atoms with van der Waals surface area (Å²) in [4.78, 5) is 13.6. The first-order valence-corrected chi connectivity index (χ1v) is 12.7. The molecule has 0 aromatic rings. The van der Waals surface area contributed by atoms with E-state index in [2.05, 4.69) is 33.0 Å². The zero-order valence-corrected chi connectivity index (χ0v) is 19.1. The van der Waals surface area contributed by atoms with E-state index < -0.39 is 0 Å². The standard InChI is InChI=1S/C26H45NO/c1-18(2)19-11-13-22-20(17-19)12-14-23-25(22,3)15-8-16-26(23,4)24(28)27-21-9-6-5-7-10-21/h18-23H,5-17H2,1-4H3,(H,27,28)/t19?,20?,22-,23+,25+,26+/m0/s1. The molecule has 2 nitrogen and oxygen atoms in total. The van der Waals surface area contributed by atoms with Crippen molar-refractivity contribution in [1.82, 2.24) is 5.32 Å². The highest BCUT2D eigenvalue weighted by atomic mass is 16.2. The molecule has 4 fully saturated rings. The molecule has 0 aliphatic heterocycles. The van der Waals surface area contributed by atoms with Crippen LogP contribution in [0.1, 0.15) is 111 Å². The number of carbonyl (C=O) groups excluding carboxylic acids is 1. The number of hydrogen-bond donors (Lipinski definition) is 1. The van der Waals surface area contributed by atoms with E-state index in [-0.39, 0.29) is 5.41 Å². The molecule has 0 spiro atoms. The molecule has 0 aromatic heterocycles. The lowest BCUT2D eigenvalue weighted by atomic mass is 9.43. The lowest BCUT2D eigenvalue weighted by Crippen LogP contribution is -2.59. The van der Waals surface area contributed by atoms with Gasteiger partial charge in [-0.25, -0.2) is 0 Å². The Morgan fingerprint density at radius 2 is 1.64 bits per heavy atom. The summed E-state index contributed by atoms with van der Waals surface area (Å²) < 4.78 is 0. The van der Waals surface area contributed by atoms with Crippen LogP contribution in [0.3, 0.4) is 0 Å². The van der Waals surface area contributed by atoms with Gasteiger partial charge in [-0.05, 0) is 92.8 Å². The minimum absolute atomic E-state index is 0.135. The van der Waals surface area contributed by atoms with Crippen molar-refractivity contribution in [2.75, 3.05) is 0 Å². The molecule has 28 heavy (non-hydrogen) atoms. The van der Waals surface area contributed by atoms with Crippen molar-refractivity contribution < 1.29 is 4.79 Å². The summed E-state index contributed by atoms with van der Waals surface area (Å²) >= 11 is 0. The van der Waals surface area contributed by atoms with Gasteiger partial charge in [0.05, 0.1) is 0 Å². The summed E-state index contributed by atoms with van der Waals surface area (Å²) in [5.41, 5.74) is 0.256. The molecule has 0 radical (unpaired) electrons. The fourth-order valence-corrected chi connectivity index (χ4v) is 8.35. The van der Waals surface area contributed by atoms with Gasteiger partial charge in [0.2, 0.25) is 5.91 Å². The van der Waals surface area contributed by atoms with E-state index in [1.807, 2.05) is 0 Å². The molecule has 2 heteroatoms. The van der Waals surface area contributed by atoms with E-state index >= 15 is 0 Å². The Morgan fingerprint density at radius 3 is 2.36 bits per heavy atom. The minimum Gasteiger partial charge on any atom is -0.353 e. The summed E-state index contributed by atoms with van der Waals surface area (Å²) in [6.45, 7) is 9.78. The molecule has 0 heterocycles. The third kappa shape index (κ3) is 3.56. The van der Waals surface area contributed by atoms with E-state index in [1.54, 1.807) is 0 Å². The van der Waals surface area contributed by atoms with Crippen LogP contribution in [0.5, 0.6) is 0 Å². The zero-order valence-electron chi connectivity index (χ0n) is 19.1. The molecule has 1 N–H and O–H groups in total. The van der Waals surface area contributed by atoms with Gasteiger partial charge < -0.3 is 5.32 Å². The Hall–Kier alpha value is -0.530. The molecule has 0 saturated heterocycles. The van der Waals surface area contributed by atoms with E-state index in [1.165, 1.54) is 77.0 Å². The van der Waals surface area contributed by atoms with Gasteiger partial charge in [0.1, 0.15) is 0 Å². The summed E-state index contributed by atoms with van der Waals surface area (Å²) in [5.74, 6) is 4.56. The average molecular weight is 388 g/mol. The second-order valence-corrected chi connectivity index (χ2v) is 11.9. The monoisotopic (exact) mass is 387 g/mol. The molecule has 2 unspecified atom stereocenters. The fraction of sp³-hybridized carbons (Fsp3) is 0.962. The molecule has 1 amide bonds. The predicted molar refractivity (Wildman–Crippen MR) is 117 cm³/mol. The number of amides is 1. The Bertz CT molecular complexity index is 565. The summed E-state index contributed by atoms with van der Waals surface area (Å²) in [5, 5.41) is 3.53. The van der Waals surface area contributed by atoms with Crippen LogP contribution in [-0.4, -0.2) is 11.9 Å². The molecular weight excluding hydrogens is 342 g/mol. The van der Waals surface area contributed by atoms with Gasteiger partial charge in [0.25, 0.3) is 0 Å². The SMILES string of the molecule is CC(C)C1CC[C@H]2C(CC[C@@H]3[C@]2(C)CCC[C@@]3(C)C(=O)NC2CCCCC2)C1. The summed E-state index contributed by atoms with van der Waals surface area (Å²) in [7, 11) is 0.